The molecule has 21 heavy (non-hydrogen) atoms. The maximum absolute atomic E-state index is 11.7. The SMILES string of the molecule is Cc1cc(OCC(=O)Nc2ccc(CC(=O)O)cc2)no1. The van der Waals surface area contributed by atoms with Gasteiger partial charge < -0.3 is 19.7 Å². The molecule has 7 heteroatoms. The van der Waals surface area contributed by atoms with Crippen molar-refractivity contribution in [1.82, 2.24) is 5.16 Å². The minimum atomic E-state index is -0.900. The van der Waals surface area contributed by atoms with E-state index in [1.165, 1.54) is 0 Å². The van der Waals surface area contributed by atoms with Crippen LogP contribution >= 0.6 is 0 Å². The fourth-order valence-electron chi connectivity index (χ4n) is 1.63. The molecular formula is C14H14N2O5. The van der Waals surface area contributed by atoms with Gasteiger partial charge in [-0.15, -0.1) is 0 Å². The van der Waals surface area contributed by atoms with E-state index in [0.717, 1.165) is 0 Å². The Morgan fingerprint density at radius 2 is 2.05 bits per heavy atom. The highest BCUT2D eigenvalue weighted by Gasteiger charge is 2.07. The molecule has 2 N–H and O–H groups in total. The predicted octanol–water partition coefficient (Wildman–Crippen LogP) is 1.63. The summed E-state index contributed by atoms with van der Waals surface area (Å²) in [6.45, 7) is 1.53. The zero-order valence-electron chi connectivity index (χ0n) is 11.3. The summed E-state index contributed by atoms with van der Waals surface area (Å²) in [7, 11) is 0. The van der Waals surface area contributed by atoms with Gasteiger partial charge >= 0.3 is 5.97 Å². The first-order valence-corrected chi connectivity index (χ1v) is 6.19. The minimum Gasteiger partial charge on any atom is -0.481 e. The van der Waals surface area contributed by atoms with Crippen molar-refractivity contribution < 1.29 is 24.0 Å². The molecule has 0 aliphatic carbocycles. The van der Waals surface area contributed by atoms with Crippen molar-refractivity contribution in [2.45, 2.75) is 13.3 Å². The molecule has 0 saturated carbocycles. The minimum absolute atomic E-state index is 0.0527. The zero-order valence-corrected chi connectivity index (χ0v) is 11.3. The molecule has 7 nitrogen and oxygen atoms in total. The number of nitrogens with one attached hydrogen (secondary N) is 1. The van der Waals surface area contributed by atoms with Crippen LogP contribution in [0, 0.1) is 6.92 Å². The molecule has 2 rings (SSSR count). The molecule has 0 atom stereocenters. The quantitative estimate of drug-likeness (QED) is 0.838. The van der Waals surface area contributed by atoms with Crippen molar-refractivity contribution in [2.75, 3.05) is 11.9 Å². The highest BCUT2D eigenvalue weighted by molar-refractivity contribution is 5.91. The molecule has 0 bridgehead atoms. The fourth-order valence-corrected chi connectivity index (χ4v) is 1.63. The van der Waals surface area contributed by atoms with Crippen molar-refractivity contribution in [2.24, 2.45) is 0 Å². The van der Waals surface area contributed by atoms with E-state index in [1.807, 2.05) is 0 Å². The Bertz CT molecular complexity index is 633. The Morgan fingerprint density at radius 3 is 2.62 bits per heavy atom. The average molecular weight is 290 g/mol. The van der Waals surface area contributed by atoms with Crippen molar-refractivity contribution >= 4 is 17.6 Å². The van der Waals surface area contributed by atoms with E-state index in [1.54, 1.807) is 37.3 Å². The second-order valence-corrected chi connectivity index (χ2v) is 4.38. The Kier molecular flexibility index (Phi) is 4.55. The van der Waals surface area contributed by atoms with Gasteiger partial charge in [0.15, 0.2) is 6.61 Å². The third kappa shape index (κ3) is 4.64. The van der Waals surface area contributed by atoms with Crippen LogP contribution in [0.15, 0.2) is 34.9 Å². The Hall–Kier alpha value is -2.83. The number of carbonyl (C=O) groups is 2. The first kappa shape index (κ1) is 14.6. The summed E-state index contributed by atoms with van der Waals surface area (Å²) in [4.78, 5) is 22.2. The molecule has 0 unspecified atom stereocenters. The number of carbonyl (C=O) groups excluding carboxylic acids is 1. The number of rotatable bonds is 6. The monoisotopic (exact) mass is 290 g/mol. The summed E-state index contributed by atoms with van der Waals surface area (Å²) in [6.07, 6.45) is -0.0527. The van der Waals surface area contributed by atoms with Gasteiger partial charge in [-0.25, -0.2) is 0 Å². The van der Waals surface area contributed by atoms with E-state index in [-0.39, 0.29) is 24.8 Å². The van der Waals surface area contributed by atoms with Gasteiger partial charge in [-0.1, -0.05) is 12.1 Å². The lowest BCUT2D eigenvalue weighted by Crippen LogP contribution is -2.20. The van der Waals surface area contributed by atoms with E-state index in [9.17, 15) is 9.59 Å². The third-order valence-electron chi connectivity index (χ3n) is 2.55. The van der Waals surface area contributed by atoms with Gasteiger partial charge in [0.05, 0.1) is 6.42 Å². The number of hydrogen-bond acceptors (Lipinski definition) is 5. The number of nitrogens with zero attached hydrogens (tertiary/aromatic N) is 1. The number of anilines is 1. The molecule has 0 aliphatic heterocycles. The second kappa shape index (κ2) is 6.56. The molecule has 0 aliphatic rings. The number of carboxylic acid groups (broad SMARTS) is 1. The smallest absolute Gasteiger partial charge is 0.307 e. The number of aryl methyl sites for hydroxylation is 1. The van der Waals surface area contributed by atoms with E-state index >= 15 is 0 Å². The Labute approximate surface area is 120 Å². The van der Waals surface area contributed by atoms with Gasteiger partial charge in [0.1, 0.15) is 5.76 Å². The first-order valence-electron chi connectivity index (χ1n) is 6.19. The van der Waals surface area contributed by atoms with Crippen LogP contribution in [0.5, 0.6) is 5.88 Å². The van der Waals surface area contributed by atoms with E-state index in [4.69, 9.17) is 14.4 Å². The summed E-state index contributed by atoms with van der Waals surface area (Å²) in [6, 6.07) is 8.14. The van der Waals surface area contributed by atoms with Gasteiger partial charge in [-0.3, -0.25) is 9.59 Å². The average Bonchev–Trinajstić information content (AvgIpc) is 2.84. The Balaban J connectivity index is 1.83. The number of hydrogen-bond donors (Lipinski definition) is 2. The molecule has 1 heterocycles. The summed E-state index contributed by atoms with van der Waals surface area (Å²) >= 11 is 0. The molecule has 1 amide bonds. The zero-order chi connectivity index (χ0) is 15.2. The molecule has 110 valence electrons. The standard InChI is InChI=1S/C14H14N2O5/c1-9-6-13(16-21-9)20-8-12(17)15-11-4-2-10(3-5-11)7-14(18)19/h2-6H,7-8H2,1H3,(H,15,17)(H,18,19). The van der Waals surface area contributed by atoms with E-state index in [0.29, 0.717) is 17.0 Å². The number of carboxylic acids is 1. The first-order chi connectivity index (χ1) is 10.0. The van der Waals surface area contributed by atoms with Crippen molar-refractivity contribution in [3.63, 3.8) is 0 Å². The van der Waals surface area contributed by atoms with Crippen LogP contribution in [0.3, 0.4) is 0 Å². The van der Waals surface area contributed by atoms with Crippen LogP contribution in [-0.4, -0.2) is 28.7 Å². The van der Waals surface area contributed by atoms with Crippen molar-refractivity contribution in [1.29, 1.82) is 0 Å². The Morgan fingerprint density at radius 1 is 1.33 bits per heavy atom. The van der Waals surface area contributed by atoms with Gasteiger partial charge in [-0.05, 0) is 29.8 Å². The van der Waals surface area contributed by atoms with Crippen molar-refractivity contribution in [3.05, 3.63) is 41.7 Å². The van der Waals surface area contributed by atoms with Crippen LogP contribution in [-0.2, 0) is 16.0 Å². The summed E-state index contributed by atoms with van der Waals surface area (Å²) in [5.41, 5.74) is 1.23. The van der Waals surface area contributed by atoms with Crippen LogP contribution < -0.4 is 10.1 Å². The lowest BCUT2D eigenvalue weighted by molar-refractivity contribution is -0.136. The molecule has 0 saturated heterocycles. The normalized spacial score (nSPS) is 10.1. The fraction of sp³-hybridized carbons (Fsp3) is 0.214. The number of ether oxygens (including phenoxy) is 1. The summed E-state index contributed by atoms with van der Waals surface area (Å²) < 4.78 is 9.95. The van der Waals surface area contributed by atoms with Gasteiger partial charge in [0, 0.05) is 11.8 Å². The molecule has 1 aromatic heterocycles. The van der Waals surface area contributed by atoms with Crippen LogP contribution in [0.25, 0.3) is 0 Å². The number of aliphatic carboxylic acids is 1. The van der Waals surface area contributed by atoms with Crippen LogP contribution in [0.4, 0.5) is 5.69 Å². The maximum Gasteiger partial charge on any atom is 0.307 e. The highest BCUT2D eigenvalue weighted by Crippen LogP contribution is 2.12. The largest absolute Gasteiger partial charge is 0.481 e. The molecule has 1 aromatic carbocycles. The van der Waals surface area contributed by atoms with E-state index in [2.05, 4.69) is 10.5 Å². The number of benzene rings is 1. The van der Waals surface area contributed by atoms with Gasteiger partial charge in [0.25, 0.3) is 11.8 Å². The van der Waals surface area contributed by atoms with E-state index < -0.39 is 5.97 Å². The number of aromatic nitrogens is 1. The predicted molar refractivity (Wildman–Crippen MR) is 73.1 cm³/mol. The van der Waals surface area contributed by atoms with Gasteiger partial charge in [-0.2, -0.15) is 0 Å². The number of amides is 1. The molecule has 0 spiro atoms. The lowest BCUT2D eigenvalue weighted by atomic mass is 10.1. The molecule has 0 fully saturated rings. The van der Waals surface area contributed by atoms with Gasteiger partial charge in [0.2, 0.25) is 0 Å². The summed E-state index contributed by atoms with van der Waals surface area (Å²) in [5.74, 6) is -0.399. The summed E-state index contributed by atoms with van der Waals surface area (Å²) in [5, 5.41) is 14.9. The molecule has 2 aromatic rings. The molecular weight excluding hydrogens is 276 g/mol. The maximum atomic E-state index is 11.7. The third-order valence-corrected chi connectivity index (χ3v) is 2.55. The topological polar surface area (TPSA) is 102 Å². The van der Waals surface area contributed by atoms with Crippen LogP contribution in [0.2, 0.25) is 0 Å². The van der Waals surface area contributed by atoms with Crippen LogP contribution in [0.1, 0.15) is 11.3 Å². The molecule has 0 radical (unpaired) electrons. The second-order valence-electron chi connectivity index (χ2n) is 4.38. The van der Waals surface area contributed by atoms with Crippen molar-refractivity contribution in [3.8, 4) is 5.88 Å². The lowest BCUT2D eigenvalue weighted by Gasteiger charge is -2.06. The highest BCUT2D eigenvalue weighted by atomic mass is 16.5.